The summed E-state index contributed by atoms with van der Waals surface area (Å²) in [6.45, 7) is 4.51. The van der Waals surface area contributed by atoms with Crippen LogP contribution in [0.2, 0.25) is 0 Å². The highest BCUT2D eigenvalue weighted by atomic mass is 14.9. The molecule has 6 aromatic rings. The van der Waals surface area contributed by atoms with Gasteiger partial charge < -0.3 is 5.32 Å². The van der Waals surface area contributed by atoms with Crippen LogP contribution in [0, 0.1) is 6.92 Å². The Labute approximate surface area is 265 Å². The number of rotatable bonds is 4. The molecule has 45 heavy (non-hydrogen) atoms. The van der Waals surface area contributed by atoms with E-state index in [9.17, 15) is 0 Å². The summed E-state index contributed by atoms with van der Waals surface area (Å²) in [4.78, 5) is 0. The normalized spacial score (nSPS) is 14.8. The van der Waals surface area contributed by atoms with E-state index in [1.54, 1.807) is 0 Å². The second-order valence-electron chi connectivity index (χ2n) is 12.7. The minimum Gasteiger partial charge on any atom is -0.355 e. The third-order valence-electron chi connectivity index (χ3n) is 10.4. The lowest BCUT2D eigenvalue weighted by Gasteiger charge is -2.30. The van der Waals surface area contributed by atoms with Crippen LogP contribution in [-0.4, -0.2) is 0 Å². The molecule has 0 aliphatic heterocycles. The average Bonchev–Trinajstić information content (AvgIpc) is 3.55. The fourth-order valence-corrected chi connectivity index (χ4v) is 8.54. The summed E-state index contributed by atoms with van der Waals surface area (Å²) in [5.41, 5.74) is 18.4. The number of fused-ring (bicyclic) bond motifs is 13. The highest BCUT2D eigenvalue weighted by Crippen LogP contribution is 2.62. The largest absolute Gasteiger partial charge is 0.355 e. The predicted molar refractivity (Wildman–Crippen MR) is 191 cm³/mol. The zero-order valence-corrected chi connectivity index (χ0v) is 25.8. The van der Waals surface area contributed by atoms with Gasteiger partial charge in [-0.2, -0.15) is 0 Å². The minimum atomic E-state index is -0.300. The van der Waals surface area contributed by atoms with Crippen LogP contribution in [-0.2, 0) is 11.8 Å². The molecule has 1 heteroatoms. The first-order valence-electron chi connectivity index (χ1n) is 16.3. The lowest BCUT2D eigenvalue weighted by atomic mass is 9.70. The van der Waals surface area contributed by atoms with Crippen LogP contribution in [0.15, 0.2) is 121 Å². The van der Waals surface area contributed by atoms with E-state index < -0.39 is 0 Å². The third kappa shape index (κ3) is 3.61. The average molecular weight is 578 g/mol. The summed E-state index contributed by atoms with van der Waals surface area (Å²) in [7, 11) is 0. The number of hydrogen-bond donors (Lipinski definition) is 1. The molecule has 3 aliphatic carbocycles. The molecule has 6 aromatic carbocycles. The molecule has 0 unspecified atom stereocenters. The quantitative estimate of drug-likeness (QED) is 0.219. The summed E-state index contributed by atoms with van der Waals surface area (Å²) in [6, 6.07) is 41.0. The molecule has 0 fully saturated rings. The molecule has 0 amide bonds. The van der Waals surface area contributed by atoms with E-state index in [0.29, 0.717) is 0 Å². The van der Waals surface area contributed by atoms with Gasteiger partial charge in [0.25, 0.3) is 0 Å². The Balaban J connectivity index is 1.20. The lowest BCUT2D eigenvalue weighted by molar-refractivity contribution is 0.794. The zero-order chi connectivity index (χ0) is 30.1. The van der Waals surface area contributed by atoms with E-state index in [1.165, 1.54) is 77.5 Å². The highest BCUT2D eigenvalue weighted by Gasteiger charge is 2.51. The van der Waals surface area contributed by atoms with Gasteiger partial charge in [-0.25, -0.2) is 0 Å². The molecule has 1 nitrogen and oxygen atoms in total. The SMILES string of the molecule is CC/C=C\c1c(C)c2c(c3ccc(Nc4ccc5c(c4)-c4ccccc4C54c5ccccc5-c5ccccc54)cc13)C=CCC2. The summed E-state index contributed by atoms with van der Waals surface area (Å²) < 4.78 is 0. The highest BCUT2D eigenvalue weighted by molar-refractivity contribution is 6.01. The van der Waals surface area contributed by atoms with Gasteiger partial charge in [-0.15, -0.1) is 0 Å². The molecule has 216 valence electrons. The van der Waals surface area contributed by atoms with Gasteiger partial charge in [0.15, 0.2) is 0 Å². The molecule has 0 atom stereocenters. The van der Waals surface area contributed by atoms with E-state index >= 15 is 0 Å². The molecule has 0 radical (unpaired) electrons. The van der Waals surface area contributed by atoms with Crippen molar-refractivity contribution in [3.63, 3.8) is 0 Å². The van der Waals surface area contributed by atoms with E-state index in [2.05, 4.69) is 153 Å². The van der Waals surface area contributed by atoms with Crippen LogP contribution in [0.25, 0.3) is 45.2 Å². The van der Waals surface area contributed by atoms with Crippen molar-refractivity contribution < 1.29 is 0 Å². The molecule has 3 aliphatic rings. The number of anilines is 2. The molecule has 0 saturated heterocycles. The Kier molecular flexibility index (Phi) is 5.80. The van der Waals surface area contributed by atoms with Gasteiger partial charge in [0.1, 0.15) is 0 Å². The fraction of sp³-hybridized carbons (Fsp3) is 0.136. The predicted octanol–water partition coefficient (Wildman–Crippen LogP) is 11.6. The Morgan fingerprint density at radius 1 is 0.667 bits per heavy atom. The van der Waals surface area contributed by atoms with Crippen LogP contribution in [0.3, 0.4) is 0 Å². The summed E-state index contributed by atoms with van der Waals surface area (Å²) in [5, 5.41) is 6.48. The van der Waals surface area contributed by atoms with Gasteiger partial charge in [0.05, 0.1) is 5.41 Å². The lowest BCUT2D eigenvalue weighted by Crippen LogP contribution is -2.25. The van der Waals surface area contributed by atoms with Crippen molar-refractivity contribution in [1.29, 1.82) is 0 Å². The zero-order valence-electron chi connectivity index (χ0n) is 25.8. The van der Waals surface area contributed by atoms with Crippen LogP contribution < -0.4 is 5.32 Å². The first kappa shape index (κ1) is 26.3. The Morgan fingerprint density at radius 3 is 1.96 bits per heavy atom. The number of hydrogen-bond acceptors (Lipinski definition) is 1. The first-order chi connectivity index (χ1) is 22.2. The van der Waals surface area contributed by atoms with Crippen molar-refractivity contribution in [2.45, 2.75) is 38.5 Å². The van der Waals surface area contributed by atoms with Crippen molar-refractivity contribution in [2.24, 2.45) is 0 Å². The van der Waals surface area contributed by atoms with E-state index in [1.807, 2.05) is 0 Å². The number of benzene rings is 6. The van der Waals surface area contributed by atoms with E-state index in [-0.39, 0.29) is 5.41 Å². The molecule has 0 aromatic heterocycles. The molecular formula is C44H35N. The molecule has 9 rings (SSSR count). The van der Waals surface area contributed by atoms with Crippen molar-refractivity contribution >= 4 is 34.3 Å². The van der Waals surface area contributed by atoms with Gasteiger partial charge in [0.2, 0.25) is 0 Å². The van der Waals surface area contributed by atoms with Gasteiger partial charge in [-0.3, -0.25) is 0 Å². The smallest absolute Gasteiger partial charge is 0.0725 e. The number of allylic oxidation sites excluding steroid dienone is 2. The van der Waals surface area contributed by atoms with E-state index in [4.69, 9.17) is 0 Å². The van der Waals surface area contributed by atoms with Crippen LogP contribution in [0.1, 0.15) is 64.3 Å². The first-order valence-corrected chi connectivity index (χ1v) is 16.3. The fourth-order valence-electron chi connectivity index (χ4n) is 8.54. The standard InChI is InChI=1S/C44H35N/c1-3-4-13-32-28(2)31-14-5-6-15-33(31)34-24-22-29(26-38(32)34)45-30-23-25-43-39(27-30)37-18-9-12-21-42(37)44(43)40-19-10-7-16-35(40)36-17-8-11-20-41(36)44/h4,6-13,15-27,45H,3,5,14H2,1-2H3/b13-4-. The third-order valence-corrected chi connectivity index (χ3v) is 10.4. The minimum absolute atomic E-state index is 0.300. The van der Waals surface area contributed by atoms with Crippen molar-refractivity contribution in [1.82, 2.24) is 0 Å². The van der Waals surface area contributed by atoms with E-state index in [0.717, 1.165) is 30.6 Å². The maximum Gasteiger partial charge on any atom is 0.0725 e. The maximum atomic E-state index is 3.81. The van der Waals surface area contributed by atoms with Crippen LogP contribution in [0.5, 0.6) is 0 Å². The molecule has 1 spiro atoms. The molecule has 1 N–H and O–H groups in total. The monoisotopic (exact) mass is 577 g/mol. The molecule has 0 heterocycles. The Morgan fingerprint density at radius 2 is 1.27 bits per heavy atom. The second kappa shape index (κ2) is 9.94. The van der Waals surface area contributed by atoms with Gasteiger partial charge in [-0.05, 0) is 128 Å². The second-order valence-corrected chi connectivity index (χ2v) is 12.7. The van der Waals surface area contributed by atoms with Gasteiger partial charge in [0, 0.05) is 11.4 Å². The molecule has 0 bridgehead atoms. The Hall–Kier alpha value is -5.14. The number of nitrogens with one attached hydrogen (secondary N) is 1. The van der Waals surface area contributed by atoms with Crippen molar-refractivity contribution in [3.05, 3.63) is 166 Å². The van der Waals surface area contributed by atoms with Crippen molar-refractivity contribution in [2.75, 3.05) is 5.32 Å². The Bertz CT molecular complexity index is 2200. The van der Waals surface area contributed by atoms with Gasteiger partial charge in [-0.1, -0.05) is 116 Å². The topological polar surface area (TPSA) is 12.0 Å². The van der Waals surface area contributed by atoms with Crippen molar-refractivity contribution in [3.8, 4) is 22.3 Å². The summed E-state index contributed by atoms with van der Waals surface area (Å²) >= 11 is 0. The van der Waals surface area contributed by atoms with Gasteiger partial charge >= 0.3 is 0 Å². The summed E-state index contributed by atoms with van der Waals surface area (Å²) in [5.74, 6) is 0. The molecular weight excluding hydrogens is 542 g/mol. The van der Waals surface area contributed by atoms with Crippen LogP contribution in [0.4, 0.5) is 11.4 Å². The molecule has 0 saturated carbocycles. The maximum absolute atomic E-state index is 3.81. The summed E-state index contributed by atoms with van der Waals surface area (Å²) in [6.07, 6.45) is 12.6. The van der Waals surface area contributed by atoms with Crippen LogP contribution >= 0.6 is 0 Å².